The van der Waals surface area contributed by atoms with Gasteiger partial charge in [-0.2, -0.15) is 0 Å². The third kappa shape index (κ3) is 8.83. The van der Waals surface area contributed by atoms with Gasteiger partial charge in [-0.3, -0.25) is 19.2 Å². The van der Waals surface area contributed by atoms with Crippen molar-refractivity contribution in [3.63, 3.8) is 0 Å². The van der Waals surface area contributed by atoms with E-state index in [1.54, 1.807) is 53.4 Å². The molecule has 1 aliphatic rings. The highest BCUT2D eigenvalue weighted by Crippen LogP contribution is 2.30. The summed E-state index contributed by atoms with van der Waals surface area (Å²) < 4.78 is 6.15. The van der Waals surface area contributed by atoms with Gasteiger partial charge >= 0.3 is 0 Å². The van der Waals surface area contributed by atoms with E-state index in [4.69, 9.17) is 4.42 Å². The number of benzene rings is 4. The Labute approximate surface area is 303 Å². The molecule has 0 unspecified atom stereocenters. The number of aliphatic hydroxyl groups excluding tert-OH is 1. The molecule has 1 fully saturated rings. The second-order valence-corrected chi connectivity index (χ2v) is 12.8. The van der Waals surface area contributed by atoms with Crippen LogP contribution < -0.4 is 10.6 Å². The zero-order valence-corrected chi connectivity index (χ0v) is 29.0. The number of hydrogen-bond acceptors (Lipinski definition) is 6. The van der Waals surface area contributed by atoms with Gasteiger partial charge in [0.15, 0.2) is 6.10 Å². The lowest BCUT2D eigenvalue weighted by molar-refractivity contribution is -0.144. The summed E-state index contributed by atoms with van der Waals surface area (Å²) in [6, 6.07) is 35.9. The van der Waals surface area contributed by atoms with Gasteiger partial charge in [0.1, 0.15) is 17.6 Å². The molecule has 0 radical (unpaired) electrons. The van der Waals surface area contributed by atoms with Crippen LogP contribution in [0, 0.1) is 0 Å². The van der Waals surface area contributed by atoms with E-state index in [2.05, 4.69) is 10.6 Å². The van der Waals surface area contributed by atoms with Crippen molar-refractivity contribution in [2.45, 2.75) is 44.8 Å². The Morgan fingerprint density at radius 1 is 0.788 bits per heavy atom. The van der Waals surface area contributed by atoms with E-state index in [-0.39, 0.29) is 30.7 Å². The molecule has 6 rings (SSSR count). The first-order chi connectivity index (χ1) is 25.3. The molecule has 2 atom stereocenters. The minimum Gasteiger partial charge on any atom is -0.456 e. The van der Waals surface area contributed by atoms with Gasteiger partial charge in [-0.1, -0.05) is 67.6 Å². The number of aliphatic hydroxyl groups is 1. The lowest BCUT2D eigenvalue weighted by atomic mass is 10.1. The number of anilines is 2. The maximum absolute atomic E-state index is 13.2. The van der Waals surface area contributed by atoms with Crippen LogP contribution in [0.2, 0.25) is 0 Å². The second-order valence-electron chi connectivity index (χ2n) is 12.8. The monoisotopic (exact) mass is 698 g/mol. The fourth-order valence-electron chi connectivity index (χ4n) is 6.37. The van der Waals surface area contributed by atoms with E-state index < -0.39 is 18.1 Å². The molecule has 1 aromatic heterocycles. The molecular weight excluding hydrogens is 656 g/mol. The number of furan rings is 1. The lowest BCUT2D eigenvalue weighted by Crippen LogP contribution is -2.45. The maximum Gasteiger partial charge on any atom is 0.256 e. The molecule has 2 heterocycles. The number of carbonyl (C=O) groups is 4. The van der Waals surface area contributed by atoms with Crippen LogP contribution in [0.15, 0.2) is 126 Å². The van der Waals surface area contributed by atoms with E-state index in [1.807, 2.05) is 79.7 Å². The van der Waals surface area contributed by atoms with Crippen LogP contribution in [0.3, 0.4) is 0 Å². The number of amides is 4. The Hall–Kier alpha value is -6.00. The van der Waals surface area contributed by atoms with Gasteiger partial charge in [0.2, 0.25) is 17.7 Å². The normalized spacial score (nSPS) is 14.4. The van der Waals surface area contributed by atoms with Crippen molar-refractivity contribution >= 4 is 35.0 Å². The maximum atomic E-state index is 13.2. The number of nitrogens with zero attached hydrogens (tertiary/aromatic N) is 2. The summed E-state index contributed by atoms with van der Waals surface area (Å²) >= 11 is 0. The predicted molar refractivity (Wildman–Crippen MR) is 200 cm³/mol. The molecule has 266 valence electrons. The number of likely N-dealkylation sites (tertiary alicyclic amines) is 1. The van der Waals surface area contributed by atoms with Gasteiger partial charge < -0.3 is 30.0 Å². The quantitative estimate of drug-likeness (QED) is 0.126. The highest BCUT2D eigenvalue weighted by atomic mass is 16.3. The summed E-state index contributed by atoms with van der Waals surface area (Å²) in [6.07, 6.45) is 0.880. The molecule has 0 bridgehead atoms. The Morgan fingerprint density at radius 3 is 1.96 bits per heavy atom. The van der Waals surface area contributed by atoms with Crippen LogP contribution in [0.4, 0.5) is 11.4 Å². The van der Waals surface area contributed by atoms with Gasteiger partial charge in [0.25, 0.3) is 5.91 Å². The van der Waals surface area contributed by atoms with Crippen molar-refractivity contribution in [1.29, 1.82) is 0 Å². The van der Waals surface area contributed by atoms with Gasteiger partial charge in [-0.25, -0.2) is 0 Å². The third-order valence-electron chi connectivity index (χ3n) is 9.06. The molecule has 10 nitrogen and oxygen atoms in total. The highest BCUT2D eigenvalue weighted by Gasteiger charge is 2.37. The number of nitrogens with one attached hydrogen (secondary N) is 2. The first-order valence-electron chi connectivity index (χ1n) is 17.6. The molecule has 1 aliphatic heterocycles. The van der Waals surface area contributed by atoms with Gasteiger partial charge in [0, 0.05) is 35.6 Å². The second kappa shape index (κ2) is 16.8. The molecule has 4 amide bonds. The van der Waals surface area contributed by atoms with Crippen molar-refractivity contribution in [1.82, 2.24) is 9.80 Å². The summed E-state index contributed by atoms with van der Waals surface area (Å²) in [4.78, 5) is 55.1. The van der Waals surface area contributed by atoms with E-state index >= 15 is 0 Å². The van der Waals surface area contributed by atoms with Crippen LogP contribution in [0.25, 0.3) is 22.6 Å². The van der Waals surface area contributed by atoms with E-state index in [0.29, 0.717) is 54.4 Å². The number of hydrogen-bond donors (Lipinski definition) is 3. The van der Waals surface area contributed by atoms with E-state index in [0.717, 1.165) is 23.1 Å². The van der Waals surface area contributed by atoms with Crippen molar-refractivity contribution in [3.8, 4) is 22.6 Å². The first-order valence-corrected chi connectivity index (χ1v) is 17.6. The van der Waals surface area contributed by atoms with Crippen molar-refractivity contribution < 1.29 is 28.7 Å². The molecule has 0 spiro atoms. The van der Waals surface area contributed by atoms with Crippen LogP contribution in [0.1, 0.15) is 43.4 Å². The summed E-state index contributed by atoms with van der Waals surface area (Å²) in [5.74, 6) is 0.163. The zero-order valence-electron chi connectivity index (χ0n) is 29.0. The lowest BCUT2D eigenvalue weighted by Gasteiger charge is -2.26. The Morgan fingerprint density at radius 2 is 1.37 bits per heavy atom. The minimum atomic E-state index is -1.32. The third-order valence-corrected chi connectivity index (χ3v) is 9.06. The smallest absolute Gasteiger partial charge is 0.256 e. The number of rotatable bonds is 13. The first kappa shape index (κ1) is 35.8. The molecule has 10 heteroatoms. The fourth-order valence-corrected chi connectivity index (χ4v) is 6.37. The topological polar surface area (TPSA) is 132 Å². The average molecular weight is 699 g/mol. The van der Waals surface area contributed by atoms with Crippen LogP contribution in [0.5, 0.6) is 0 Å². The molecule has 3 N–H and O–H groups in total. The van der Waals surface area contributed by atoms with Crippen molar-refractivity contribution in [3.05, 3.63) is 132 Å². The van der Waals surface area contributed by atoms with Crippen molar-refractivity contribution in [2.24, 2.45) is 0 Å². The largest absolute Gasteiger partial charge is 0.456 e. The molecule has 52 heavy (non-hydrogen) atoms. The predicted octanol–water partition coefficient (Wildman–Crippen LogP) is 6.70. The van der Waals surface area contributed by atoms with Gasteiger partial charge in [0.05, 0.1) is 13.0 Å². The average Bonchev–Trinajstić information content (AvgIpc) is 3.87. The van der Waals surface area contributed by atoms with Crippen molar-refractivity contribution in [2.75, 3.05) is 30.3 Å². The van der Waals surface area contributed by atoms with Gasteiger partial charge in [-0.15, -0.1) is 0 Å². The molecule has 0 aliphatic carbocycles. The molecule has 5 aromatic rings. The van der Waals surface area contributed by atoms with E-state index in [1.165, 1.54) is 4.90 Å². The van der Waals surface area contributed by atoms with Gasteiger partial charge in [-0.05, 0) is 91.1 Å². The van der Waals surface area contributed by atoms with Crippen LogP contribution in [-0.2, 0) is 25.6 Å². The number of carbonyl (C=O) groups excluding carboxylic acids is 4. The fraction of sp³-hybridized carbons (Fsp3) is 0.238. The Bertz CT molecular complexity index is 1980. The Balaban J connectivity index is 1.02. The van der Waals surface area contributed by atoms with Crippen LogP contribution in [-0.4, -0.2) is 64.2 Å². The SMILES string of the molecule is CCCN(CC(=O)Nc1ccc(-c2ccc(-c3ccc(NC(=O)[C@@H]4CCCN4C(=O)[C@H](O)c4ccccc4)cc3)o2)cc1)C(=O)Cc1ccccc1. The highest BCUT2D eigenvalue weighted by molar-refractivity contribution is 5.98. The summed E-state index contributed by atoms with van der Waals surface area (Å²) in [7, 11) is 0. The summed E-state index contributed by atoms with van der Waals surface area (Å²) in [6.45, 7) is 2.86. The summed E-state index contributed by atoms with van der Waals surface area (Å²) in [5, 5.41) is 16.4. The Kier molecular flexibility index (Phi) is 11.6. The molecule has 1 saturated heterocycles. The van der Waals surface area contributed by atoms with E-state index in [9.17, 15) is 24.3 Å². The zero-order chi connectivity index (χ0) is 36.5. The van der Waals surface area contributed by atoms with Crippen LogP contribution >= 0.6 is 0 Å². The molecule has 0 saturated carbocycles. The summed E-state index contributed by atoms with van der Waals surface area (Å²) in [5.41, 5.74) is 4.25. The standard InChI is InChI=1S/C42H42N4O6/c1-2-25-45(39(48)27-29-10-5-3-6-11-29)28-38(47)43-33-19-15-30(16-20-33)36-23-24-37(52-36)31-17-21-34(22-18-31)44-41(50)35-14-9-26-46(35)42(51)40(49)32-12-7-4-8-13-32/h3-8,10-13,15-24,35,40,49H,2,9,14,25-28H2,1H3,(H,43,47)(H,44,50)/t35-,40+/m0/s1. The molecular formula is C42H42N4O6. The molecule has 4 aromatic carbocycles. The minimum absolute atomic E-state index is 0.0249.